The highest BCUT2D eigenvalue weighted by Crippen LogP contribution is 2.12. The summed E-state index contributed by atoms with van der Waals surface area (Å²) in [7, 11) is 0. The molecule has 0 amide bonds. The molecule has 1 heterocycles. The summed E-state index contributed by atoms with van der Waals surface area (Å²) in [4.78, 5) is 4.08. The van der Waals surface area contributed by atoms with E-state index in [2.05, 4.69) is 4.98 Å². The molecule has 0 unspecified atom stereocenters. The van der Waals surface area contributed by atoms with Gasteiger partial charge in [-0.1, -0.05) is 24.3 Å². The van der Waals surface area contributed by atoms with Crippen LogP contribution in [0.3, 0.4) is 0 Å². The molecule has 98 valence electrons. The van der Waals surface area contributed by atoms with Crippen LogP contribution < -0.4 is 10.5 Å². The number of hydrogen-bond donors (Lipinski definition) is 1. The van der Waals surface area contributed by atoms with E-state index in [0.717, 1.165) is 16.8 Å². The van der Waals surface area contributed by atoms with Crippen LogP contribution in [0.2, 0.25) is 0 Å². The second-order valence-electron chi connectivity index (χ2n) is 3.97. The zero-order chi connectivity index (χ0) is 13.5. The van der Waals surface area contributed by atoms with Crippen molar-refractivity contribution in [1.82, 2.24) is 4.98 Å². The van der Waals surface area contributed by atoms with Gasteiger partial charge in [-0.3, -0.25) is 0 Å². The van der Waals surface area contributed by atoms with Gasteiger partial charge in [0.1, 0.15) is 13.3 Å². The van der Waals surface area contributed by atoms with Crippen molar-refractivity contribution in [2.45, 2.75) is 0 Å². The fourth-order valence-electron chi connectivity index (χ4n) is 1.52. The number of anilines is 1. The third-order valence-electron chi connectivity index (χ3n) is 2.49. The van der Waals surface area contributed by atoms with Gasteiger partial charge in [-0.05, 0) is 29.3 Å². The van der Waals surface area contributed by atoms with Gasteiger partial charge in [-0.2, -0.15) is 0 Å². The monoisotopic (exact) mass is 258 g/mol. The second-order valence-corrected chi connectivity index (χ2v) is 3.97. The van der Waals surface area contributed by atoms with Crippen molar-refractivity contribution in [3.8, 4) is 5.88 Å². The number of halogens is 1. The third kappa shape index (κ3) is 4.10. The molecule has 4 heteroatoms. The van der Waals surface area contributed by atoms with Crippen LogP contribution in [-0.4, -0.2) is 18.3 Å². The van der Waals surface area contributed by atoms with Gasteiger partial charge in [0.2, 0.25) is 5.88 Å². The van der Waals surface area contributed by atoms with Crippen molar-refractivity contribution in [3.63, 3.8) is 0 Å². The molecule has 2 rings (SSSR count). The van der Waals surface area contributed by atoms with E-state index < -0.39 is 6.67 Å². The van der Waals surface area contributed by atoms with Crippen molar-refractivity contribution < 1.29 is 9.13 Å². The van der Waals surface area contributed by atoms with Gasteiger partial charge < -0.3 is 10.5 Å². The Balaban J connectivity index is 2.00. The summed E-state index contributed by atoms with van der Waals surface area (Å²) in [6.07, 6.45) is 5.59. The summed E-state index contributed by atoms with van der Waals surface area (Å²) >= 11 is 0. The van der Waals surface area contributed by atoms with E-state index in [0.29, 0.717) is 5.88 Å². The van der Waals surface area contributed by atoms with Crippen LogP contribution in [0.25, 0.3) is 12.2 Å². The van der Waals surface area contributed by atoms with Crippen molar-refractivity contribution in [2.75, 3.05) is 19.0 Å². The van der Waals surface area contributed by atoms with E-state index in [1.807, 2.05) is 42.5 Å². The molecule has 2 N–H and O–H groups in total. The standard InChI is InChI=1S/C15H15FN2O/c16-9-10-19-15-8-5-13(11-18-15)2-1-12-3-6-14(17)7-4-12/h1-8,11H,9-10,17H2. The summed E-state index contributed by atoms with van der Waals surface area (Å²) < 4.78 is 17.0. The molecule has 0 aliphatic rings. The Bertz CT molecular complexity index is 535. The van der Waals surface area contributed by atoms with Gasteiger partial charge >= 0.3 is 0 Å². The van der Waals surface area contributed by atoms with Gasteiger partial charge in [0.05, 0.1) is 0 Å². The fourth-order valence-corrected chi connectivity index (χ4v) is 1.52. The minimum Gasteiger partial charge on any atom is -0.475 e. The molecule has 2 aromatic rings. The number of pyridine rings is 1. The van der Waals surface area contributed by atoms with Crippen molar-refractivity contribution in [2.24, 2.45) is 0 Å². The molecule has 1 aromatic heterocycles. The molecule has 0 aliphatic heterocycles. The highest BCUT2D eigenvalue weighted by atomic mass is 19.1. The van der Waals surface area contributed by atoms with Crippen LogP contribution in [-0.2, 0) is 0 Å². The Morgan fingerprint density at radius 2 is 1.74 bits per heavy atom. The number of rotatable bonds is 5. The van der Waals surface area contributed by atoms with E-state index in [1.54, 1.807) is 12.3 Å². The molecule has 0 saturated heterocycles. The first-order valence-corrected chi connectivity index (χ1v) is 5.96. The Morgan fingerprint density at radius 3 is 2.37 bits per heavy atom. The minimum absolute atomic E-state index is 0.0353. The molecule has 0 saturated carbocycles. The van der Waals surface area contributed by atoms with Crippen molar-refractivity contribution in [3.05, 3.63) is 53.7 Å². The zero-order valence-electron chi connectivity index (χ0n) is 10.4. The summed E-state index contributed by atoms with van der Waals surface area (Å²) in [5, 5.41) is 0. The summed E-state index contributed by atoms with van der Waals surface area (Å²) in [5.41, 5.74) is 8.37. The van der Waals surface area contributed by atoms with Crippen LogP contribution in [0, 0.1) is 0 Å². The Labute approximate surface area is 111 Å². The number of nitrogens with zero attached hydrogens (tertiary/aromatic N) is 1. The van der Waals surface area contributed by atoms with Gasteiger partial charge in [0.25, 0.3) is 0 Å². The largest absolute Gasteiger partial charge is 0.475 e. The van der Waals surface area contributed by atoms with Crippen LogP contribution >= 0.6 is 0 Å². The first kappa shape index (κ1) is 13.1. The van der Waals surface area contributed by atoms with Gasteiger partial charge in [0, 0.05) is 18.0 Å². The van der Waals surface area contributed by atoms with Crippen LogP contribution in [0.15, 0.2) is 42.6 Å². The van der Waals surface area contributed by atoms with Crippen LogP contribution in [0.1, 0.15) is 11.1 Å². The fraction of sp³-hybridized carbons (Fsp3) is 0.133. The molecule has 0 radical (unpaired) electrons. The number of aromatic nitrogens is 1. The normalized spacial score (nSPS) is 10.8. The molecule has 0 spiro atoms. The molecule has 0 atom stereocenters. The predicted molar refractivity (Wildman–Crippen MR) is 75.5 cm³/mol. The van der Waals surface area contributed by atoms with E-state index in [-0.39, 0.29) is 6.61 Å². The number of ether oxygens (including phenoxy) is 1. The predicted octanol–water partition coefficient (Wildman–Crippen LogP) is 3.18. The van der Waals surface area contributed by atoms with Gasteiger partial charge in [-0.15, -0.1) is 0 Å². The quantitative estimate of drug-likeness (QED) is 0.838. The van der Waals surface area contributed by atoms with Gasteiger partial charge in [0.15, 0.2) is 0 Å². The van der Waals surface area contributed by atoms with E-state index in [9.17, 15) is 4.39 Å². The van der Waals surface area contributed by atoms with E-state index in [1.165, 1.54) is 0 Å². The SMILES string of the molecule is Nc1ccc(C=Cc2ccc(OCCF)nc2)cc1. The van der Waals surface area contributed by atoms with E-state index in [4.69, 9.17) is 10.5 Å². The molecule has 19 heavy (non-hydrogen) atoms. The number of hydrogen-bond acceptors (Lipinski definition) is 3. The maximum absolute atomic E-state index is 11.9. The highest BCUT2D eigenvalue weighted by molar-refractivity contribution is 5.69. The lowest BCUT2D eigenvalue weighted by molar-refractivity contribution is 0.264. The van der Waals surface area contributed by atoms with Crippen LogP contribution in [0.5, 0.6) is 5.88 Å². The highest BCUT2D eigenvalue weighted by Gasteiger charge is 1.94. The topological polar surface area (TPSA) is 48.1 Å². The second kappa shape index (κ2) is 6.54. The van der Waals surface area contributed by atoms with E-state index >= 15 is 0 Å². The number of alkyl halides is 1. The minimum atomic E-state index is -0.513. The molecule has 3 nitrogen and oxygen atoms in total. The molecule has 0 aliphatic carbocycles. The first-order valence-electron chi connectivity index (χ1n) is 5.96. The third-order valence-corrected chi connectivity index (χ3v) is 2.49. The zero-order valence-corrected chi connectivity index (χ0v) is 10.4. The maximum Gasteiger partial charge on any atom is 0.213 e. The van der Waals surface area contributed by atoms with Gasteiger partial charge in [-0.25, -0.2) is 9.37 Å². The number of nitrogens with two attached hydrogens (primary N) is 1. The maximum atomic E-state index is 11.9. The summed E-state index contributed by atoms with van der Waals surface area (Å²) in [6, 6.07) is 11.2. The lowest BCUT2D eigenvalue weighted by Crippen LogP contribution is -1.99. The van der Waals surface area contributed by atoms with Crippen molar-refractivity contribution in [1.29, 1.82) is 0 Å². The smallest absolute Gasteiger partial charge is 0.213 e. The first-order chi connectivity index (χ1) is 9.28. The molecular weight excluding hydrogens is 243 g/mol. The lowest BCUT2D eigenvalue weighted by atomic mass is 10.1. The Morgan fingerprint density at radius 1 is 1.05 bits per heavy atom. The molecule has 0 fully saturated rings. The van der Waals surface area contributed by atoms with Crippen LogP contribution in [0.4, 0.5) is 10.1 Å². The summed E-state index contributed by atoms with van der Waals surface area (Å²) in [5.74, 6) is 0.433. The average molecular weight is 258 g/mol. The number of nitrogen functional groups attached to an aromatic ring is 1. The van der Waals surface area contributed by atoms with Crippen molar-refractivity contribution >= 4 is 17.8 Å². The number of benzene rings is 1. The molecule has 1 aromatic carbocycles. The Hall–Kier alpha value is -2.36. The molecular formula is C15H15FN2O. The molecule has 0 bridgehead atoms. The average Bonchev–Trinajstić information content (AvgIpc) is 2.46. The summed E-state index contributed by atoms with van der Waals surface area (Å²) in [6.45, 7) is -0.478. The lowest BCUT2D eigenvalue weighted by Gasteiger charge is -2.01. The Kier molecular flexibility index (Phi) is 4.50.